The Labute approximate surface area is 152 Å². The molecule has 2 rings (SSSR count). The summed E-state index contributed by atoms with van der Waals surface area (Å²) in [4.78, 5) is 25.0. The van der Waals surface area contributed by atoms with Gasteiger partial charge in [-0.05, 0) is 12.1 Å². The van der Waals surface area contributed by atoms with Crippen LogP contribution in [-0.2, 0) is 9.59 Å². The third kappa shape index (κ3) is 6.53. The van der Waals surface area contributed by atoms with Gasteiger partial charge in [-0.2, -0.15) is 0 Å². The Morgan fingerprint density at radius 2 is 2.00 bits per heavy atom. The number of nitrogens with zero attached hydrogens (tertiary/aromatic N) is 1. The van der Waals surface area contributed by atoms with Crippen LogP contribution in [0.15, 0.2) is 29.2 Å². The number of thioether (sulfide) groups is 1. The van der Waals surface area contributed by atoms with Crippen LogP contribution in [0.5, 0.6) is 0 Å². The predicted molar refractivity (Wildman–Crippen MR) is 89.9 cm³/mol. The molecule has 0 aromatic heterocycles. The average molecular weight is 402 g/mol. The van der Waals surface area contributed by atoms with Gasteiger partial charge in [0, 0.05) is 24.3 Å². The van der Waals surface area contributed by atoms with E-state index in [-0.39, 0.29) is 40.5 Å². The fourth-order valence-corrected chi connectivity index (χ4v) is 3.36. The lowest BCUT2D eigenvalue weighted by molar-refractivity contribution is -0.870. The van der Waals surface area contributed by atoms with E-state index in [9.17, 15) is 9.59 Å². The van der Waals surface area contributed by atoms with Gasteiger partial charge in [-0.1, -0.05) is 12.1 Å². The molecule has 1 unspecified atom stereocenters. The van der Waals surface area contributed by atoms with E-state index in [0.717, 1.165) is 28.0 Å². The molecule has 23 heavy (non-hydrogen) atoms. The summed E-state index contributed by atoms with van der Waals surface area (Å²) in [6.07, 6.45) is 1.15. The van der Waals surface area contributed by atoms with Gasteiger partial charge in [-0.15, -0.1) is 11.8 Å². The van der Waals surface area contributed by atoms with E-state index < -0.39 is 0 Å². The van der Waals surface area contributed by atoms with Crippen molar-refractivity contribution < 1.29 is 31.1 Å². The second kappa shape index (κ2) is 8.70. The molecule has 1 aliphatic rings. The standard InChI is InChI=1S/C16H23N3O2S.BrH/c1-19(2,3)10-6-9-17-15(20)11-14-16(21)18-12-7-4-5-8-13(12)22-14;/h4-5,7-8,14H,6,9-11H2,1-3H3,(H-,17,18,20,21);1H. The van der Waals surface area contributed by atoms with Crippen LogP contribution < -0.4 is 27.6 Å². The molecular formula is C16H24BrN3O2S. The molecule has 0 saturated heterocycles. The van der Waals surface area contributed by atoms with Crippen molar-refractivity contribution in [3.05, 3.63) is 24.3 Å². The zero-order chi connectivity index (χ0) is 16.2. The van der Waals surface area contributed by atoms with Crippen LogP contribution in [-0.4, -0.2) is 55.8 Å². The SMILES string of the molecule is C[N+](C)(C)CCCNC(=O)CC1Sc2ccccc2NC1=O.[Br-]. The number of anilines is 1. The second-order valence-corrected chi connectivity index (χ2v) is 7.76. The molecule has 128 valence electrons. The van der Waals surface area contributed by atoms with Crippen molar-refractivity contribution in [2.24, 2.45) is 0 Å². The normalized spacial score (nSPS) is 16.8. The number of quaternary nitrogens is 1. The highest BCUT2D eigenvalue weighted by Gasteiger charge is 2.28. The summed E-state index contributed by atoms with van der Waals surface area (Å²) in [5.41, 5.74) is 0.831. The first-order chi connectivity index (χ1) is 10.3. The maximum atomic E-state index is 12.0. The van der Waals surface area contributed by atoms with Crippen LogP contribution in [0.2, 0.25) is 0 Å². The molecule has 5 nitrogen and oxygen atoms in total. The Morgan fingerprint density at radius 1 is 1.30 bits per heavy atom. The summed E-state index contributed by atoms with van der Waals surface area (Å²) in [5, 5.41) is 5.41. The molecule has 0 aliphatic carbocycles. The molecule has 2 amide bonds. The molecule has 1 heterocycles. The van der Waals surface area contributed by atoms with E-state index in [1.165, 1.54) is 11.8 Å². The quantitative estimate of drug-likeness (QED) is 0.460. The van der Waals surface area contributed by atoms with Gasteiger partial charge < -0.3 is 32.1 Å². The summed E-state index contributed by atoms with van der Waals surface area (Å²) in [6, 6.07) is 7.67. The lowest BCUT2D eigenvalue weighted by Gasteiger charge is -2.24. The van der Waals surface area contributed by atoms with Crippen molar-refractivity contribution in [3.63, 3.8) is 0 Å². The number of hydrogen-bond acceptors (Lipinski definition) is 3. The topological polar surface area (TPSA) is 58.2 Å². The van der Waals surface area contributed by atoms with Crippen LogP contribution in [0.25, 0.3) is 0 Å². The molecule has 0 saturated carbocycles. The minimum Gasteiger partial charge on any atom is -1.00 e. The van der Waals surface area contributed by atoms with Gasteiger partial charge in [0.2, 0.25) is 11.8 Å². The number of halogens is 1. The molecule has 0 bridgehead atoms. The Kier molecular flexibility index (Phi) is 7.57. The fraction of sp³-hybridized carbons (Fsp3) is 0.500. The van der Waals surface area contributed by atoms with E-state index >= 15 is 0 Å². The lowest BCUT2D eigenvalue weighted by Crippen LogP contribution is -3.00. The van der Waals surface area contributed by atoms with Crippen molar-refractivity contribution in [1.29, 1.82) is 0 Å². The summed E-state index contributed by atoms with van der Waals surface area (Å²) in [7, 11) is 6.38. The summed E-state index contributed by atoms with van der Waals surface area (Å²) < 4.78 is 0.882. The van der Waals surface area contributed by atoms with Crippen molar-refractivity contribution in [3.8, 4) is 0 Å². The molecule has 0 fully saturated rings. The highest BCUT2D eigenvalue weighted by Crippen LogP contribution is 2.36. The zero-order valence-electron chi connectivity index (χ0n) is 13.8. The van der Waals surface area contributed by atoms with Crippen molar-refractivity contribution in [1.82, 2.24) is 5.32 Å². The van der Waals surface area contributed by atoms with E-state index in [2.05, 4.69) is 31.8 Å². The third-order valence-corrected chi connectivity index (χ3v) is 4.68. The minimum absolute atomic E-state index is 0. The molecule has 0 radical (unpaired) electrons. The number of carbonyl (C=O) groups is 2. The molecule has 0 spiro atoms. The van der Waals surface area contributed by atoms with Gasteiger partial charge in [0.1, 0.15) is 0 Å². The van der Waals surface area contributed by atoms with Gasteiger partial charge in [0.05, 0.1) is 38.6 Å². The number of amides is 2. The molecule has 7 heteroatoms. The highest BCUT2D eigenvalue weighted by atomic mass is 79.9. The molecular weight excluding hydrogens is 378 g/mol. The van der Waals surface area contributed by atoms with Gasteiger partial charge >= 0.3 is 0 Å². The average Bonchev–Trinajstić information content (AvgIpc) is 2.43. The summed E-state index contributed by atoms with van der Waals surface area (Å²) >= 11 is 1.46. The summed E-state index contributed by atoms with van der Waals surface area (Å²) in [5.74, 6) is -0.154. The van der Waals surface area contributed by atoms with Crippen LogP contribution in [0.3, 0.4) is 0 Å². The van der Waals surface area contributed by atoms with Gasteiger partial charge in [0.25, 0.3) is 0 Å². The van der Waals surface area contributed by atoms with Crippen molar-refractivity contribution in [2.45, 2.75) is 23.0 Å². The van der Waals surface area contributed by atoms with Crippen LogP contribution in [0.1, 0.15) is 12.8 Å². The number of fused-ring (bicyclic) bond motifs is 1. The van der Waals surface area contributed by atoms with Gasteiger partial charge in [-0.25, -0.2) is 0 Å². The smallest absolute Gasteiger partial charge is 0.238 e. The Hall–Kier alpha value is -1.05. The van der Waals surface area contributed by atoms with E-state index in [0.29, 0.717) is 6.54 Å². The van der Waals surface area contributed by atoms with Crippen molar-refractivity contribution in [2.75, 3.05) is 39.5 Å². The molecule has 1 atom stereocenters. The molecule has 1 aromatic carbocycles. The minimum atomic E-state index is -0.353. The van der Waals surface area contributed by atoms with Gasteiger partial charge in [0.15, 0.2) is 0 Å². The van der Waals surface area contributed by atoms with E-state index in [1.807, 2.05) is 24.3 Å². The number of para-hydroxylation sites is 1. The van der Waals surface area contributed by atoms with E-state index in [1.54, 1.807) is 0 Å². The Bertz CT molecular complexity index is 561. The predicted octanol–water partition coefficient (Wildman–Crippen LogP) is -1.29. The Balaban J connectivity index is 0.00000264. The number of carbonyl (C=O) groups excluding carboxylic acids is 2. The second-order valence-electron chi connectivity index (χ2n) is 6.51. The largest absolute Gasteiger partial charge is 1.00 e. The molecule has 1 aromatic rings. The zero-order valence-corrected chi connectivity index (χ0v) is 16.2. The lowest BCUT2D eigenvalue weighted by atomic mass is 10.2. The summed E-state index contributed by atoms with van der Waals surface area (Å²) in [6.45, 7) is 1.66. The van der Waals surface area contributed by atoms with E-state index in [4.69, 9.17) is 0 Å². The maximum absolute atomic E-state index is 12.0. The number of benzene rings is 1. The third-order valence-electron chi connectivity index (χ3n) is 3.41. The maximum Gasteiger partial charge on any atom is 0.238 e. The first kappa shape index (κ1) is 20.0. The van der Waals surface area contributed by atoms with Crippen LogP contribution >= 0.6 is 11.8 Å². The van der Waals surface area contributed by atoms with Crippen LogP contribution in [0.4, 0.5) is 5.69 Å². The highest BCUT2D eigenvalue weighted by molar-refractivity contribution is 8.01. The fourth-order valence-electron chi connectivity index (χ4n) is 2.25. The number of nitrogens with one attached hydrogen (secondary N) is 2. The number of hydrogen-bond donors (Lipinski definition) is 2. The molecule has 2 N–H and O–H groups in total. The van der Waals surface area contributed by atoms with Gasteiger partial charge in [-0.3, -0.25) is 9.59 Å². The first-order valence-corrected chi connectivity index (χ1v) is 8.37. The van der Waals surface area contributed by atoms with Crippen LogP contribution in [0, 0.1) is 0 Å². The van der Waals surface area contributed by atoms with Crippen molar-refractivity contribution >= 4 is 29.3 Å². The molecule has 1 aliphatic heterocycles. The first-order valence-electron chi connectivity index (χ1n) is 7.49. The Morgan fingerprint density at radius 3 is 2.70 bits per heavy atom. The number of rotatable bonds is 6. The monoisotopic (exact) mass is 401 g/mol.